The number of benzene rings is 1. The van der Waals surface area contributed by atoms with Gasteiger partial charge >= 0.3 is 0 Å². The molecule has 0 radical (unpaired) electrons. The van der Waals surface area contributed by atoms with Crippen LogP contribution in [0.3, 0.4) is 0 Å². The Kier molecular flexibility index (Phi) is 3.69. The van der Waals surface area contributed by atoms with E-state index >= 15 is 0 Å². The molecule has 0 saturated carbocycles. The third-order valence-electron chi connectivity index (χ3n) is 3.55. The van der Waals surface area contributed by atoms with Crippen molar-refractivity contribution < 1.29 is 8.42 Å². The summed E-state index contributed by atoms with van der Waals surface area (Å²) < 4.78 is 27.9. The third kappa shape index (κ3) is 2.67. The van der Waals surface area contributed by atoms with Crippen molar-refractivity contribution in [3.05, 3.63) is 36.7 Å². The number of fused-ring (bicyclic) bond motifs is 1. The summed E-state index contributed by atoms with van der Waals surface area (Å²) in [7, 11) is -3.50. The molecule has 1 aromatic heterocycles. The minimum absolute atomic E-state index is 0.0363. The molecule has 1 saturated heterocycles. The molecule has 1 aromatic carbocycles. The van der Waals surface area contributed by atoms with Gasteiger partial charge in [0.05, 0.1) is 4.90 Å². The molecule has 0 amide bonds. The van der Waals surface area contributed by atoms with Gasteiger partial charge in [-0.15, -0.1) is 0 Å². The first-order chi connectivity index (χ1) is 9.67. The summed E-state index contributed by atoms with van der Waals surface area (Å²) in [5.74, 6) is 0. The zero-order valence-electron chi connectivity index (χ0n) is 11.0. The van der Waals surface area contributed by atoms with Crippen LogP contribution in [0.5, 0.6) is 0 Å². The Balaban J connectivity index is 1.96. The van der Waals surface area contributed by atoms with Gasteiger partial charge in [-0.2, -0.15) is 0 Å². The molecule has 1 atom stereocenters. The maximum atomic E-state index is 12.6. The lowest BCUT2D eigenvalue weighted by molar-refractivity contribution is 0.429. The standard InChI is InChI=1S/C14H17N3O2S/c18-20(19,17-12-4-2-7-15-10-12)14-5-1-3-11-9-16-8-6-13(11)14/h1,3,5-6,8-9,12,15,17H,2,4,7,10H2/t12-/m1/s1. The quantitative estimate of drug-likeness (QED) is 0.893. The molecular formula is C14H17N3O2S. The fourth-order valence-corrected chi connectivity index (χ4v) is 4.06. The average Bonchev–Trinajstić information content (AvgIpc) is 2.47. The topological polar surface area (TPSA) is 71.1 Å². The van der Waals surface area contributed by atoms with E-state index in [1.54, 1.807) is 30.6 Å². The van der Waals surface area contributed by atoms with Crippen LogP contribution < -0.4 is 10.0 Å². The first-order valence-electron chi connectivity index (χ1n) is 6.72. The highest BCUT2D eigenvalue weighted by Gasteiger charge is 2.23. The molecule has 106 valence electrons. The molecule has 0 unspecified atom stereocenters. The van der Waals surface area contributed by atoms with Crippen molar-refractivity contribution >= 4 is 20.8 Å². The Morgan fingerprint density at radius 1 is 1.30 bits per heavy atom. The fraction of sp³-hybridized carbons (Fsp3) is 0.357. The number of nitrogens with zero attached hydrogens (tertiary/aromatic N) is 1. The van der Waals surface area contributed by atoms with Crippen LogP contribution >= 0.6 is 0 Å². The highest BCUT2D eigenvalue weighted by Crippen LogP contribution is 2.22. The first-order valence-corrected chi connectivity index (χ1v) is 8.21. The van der Waals surface area contributed by atoms with Crippen molar-refractivity contribution in [3.63, 3.8) is 0 Å². The zero-order valence-corrected chi connectivity index (χ0v) is 11.9. The lowest BCUT2D eigenvalue weighted by atomic mass is 10.1. The van der Waals surface area contributed by atoms with Crippen LogP contribution in [0, 0.1) is 0 Å². The Labute approximate surface area is 118 Å². The van der Waals surface area contributed by atoms with Gasteiger partial charge in [-0.1, -0.05) is 12.1 Å². The highest BCUT2D eigenvalue weighted by molar-refractivity contribution is 7.89. The van der Waals surface area contributed by atoms with E-state index in [1.165, 1.54) is 0 Å². The minimum Gasteiger partial charge on any atom is -0.315 e. The predicted octanol–water partition coefficient (Wildman–Crippen LogP) is 1.27. The molecule has 2 N–H and O–H groups in total. The van der Waals surface area contributed by atoms with Crippen molar-refractivity contribution in [1.82, 2.24) is 15.0 Å². The van der Waals surface area contributed by atoms with Gasteiger partial charge < -0.3 is 5.32 Å². The number of nitrogens with one attached hydrogen (secondary N) is 2. The van der Waals surface area contributed by atoms with E-state index < -0.39 is 10.0 Å². The molecule has 2 heterocycles. The lowest BCUT2D eigenvalue weighted by Gasteiger charge is -2.23. The summed E-state index contributed by atoms with van der Waals surface area (Å²) in [5, 5.41) is 4.75. The maximum Gasteiger partial charge on any atom is 0.241 e. The normalized spacial score (nSPS) is 20.1. The van der Waals surface area contributed by atoms with E-state index in [4.69, 9.17) is 0 Å². The molecule has 2 aromatic rings. The Bertz CT molecular complexity index is 704. The fourth-order valence-electron chi connectivity index (χ4n) is 2.56. The molecule has 3 rings (SSSR count). The summed E-state index contributed by atoms with van der Waals surface area (Å²) in [5.41, 5.74) is 0. The van der Waals surface area contributed by atoms with Crippen LogP contribution in [0.4, 0.5) is 0 Å². The van der Waals surface area contributed by atoms with E-state index in [0.717, 1.165) is 24.8 Å². The van der Waals surface area contributed by atoms with Gasteiger partial charge in [0.25, 0.3) is 0 Å². The van der Waals surface area contributed by atoms with Gasteiger partial charge in [0, 0.05) is 35.8 Å². The van der Waals surface area contributed by atoms with Crippen molar-refractivity contribution in [3.8, 4) is 0 Å². The van der Waals surface area contributed by atoms with Gasteiger partial charge in [0.15, 0.2) is 0 Å². The zero-order chi connectivity index (χ0) is 14.0. The summed E-state index contributed by atoms with van der Waals surface area (Å²) in [4.78, 5) is 4.35. The molecule has 0 spiro atoms. The minimum atomic E-state index is -3.50. The summed E-state index contributed by atoms with van der Waals surface area (Å²) in [6.07, 6.45) is 5.16. The molecule has 1 aliphatic rings. The number of hydrogen-bond acceptors (Lipinski definition) is 4. The predicted molar refractivity (Wildman–Crippen MR) is 78.0 cm³/mol. The van der Waals surface area contributed by atoms with Gasteiger partial charge in [-0.25, -0.2) is 13.1 Å². The molecule has 6 heteroatoms. The SMILES string of the molecule is O=S(=O)(N[C@@H]1CCCNC1)c1cccc2cnccc12. The molecular weight excluding hydrogens is 274 g/mol. The van der Waals surface area contributed by atoms with Crippen LogP contribution in [0.1, 0.15) is 12.8 Å². The molecule has 5 nitrogen and oxygen atoms in total. The number of piperidine rings is 1. The van der Waals surface area contributed by atoms with Crippen molar-refractivity contribution in [2.75, 3.05) is 13.1 Å². The van der Waals surface area contributed by atoms with E-state index in [2.05, 4.69) is 15.0 Å². The lowest BCUT2D eigenvalue weighted by Crippen LogP contribution is -2.45. The number of pyridine rings is 1. The smallest absolute Gasteiger partial charge is 0.241 e. The second-order valence-electron chi connectivity index (χ2n) is 5.02. The Morgan fingerprint density at radius 2 is 2.20 bits per heavy atom. The number of sulfonamides is 1. The Morgan fingerprint density at radius 3 is 3.00 bits per heavy atom. The number of hydrogen-bond donors (Lipinski definition) is 2. The maximum absolute atomic E-state index is 12.6. The molecule has 1 fully saturated rings. The molecule has 0 bridgehead atoms. The second-order valence-corrected chi connectivity index (χ2v) is 6.70. The largest absolute Gasteiger partial charge is 0.315 e. The monoisotopic (exact) mass is 291 g/mol. The van der Waals surface area contributed by atoms with Crippen molar-refractivity contribution in [2.45, 2.75) is 23.8 Å². The van der Waals surface area contributed by atoms with Gasteiger partial charge in [0.2, 0.25) is 10.0 Å². The van der Waals surface area contributed by atoms with E-state index in [9.17, 15) is 8.42 Å². The average molecular weight is 291 g/mol. The third-order valence-corrected chi connectivity index (χ3v) is 5.13. The van der Waals surface area contributed by atoms with Crippen LogP contribution in [-0.4, -0.2) is 32.5 Å². The summed E-state index contributed by atoms with van der Waals surface area (Å²) >= 11 is 0. The van der Waals surface area contributed by atoms with Gasteiger partial charge in [-0.05, 0) is 31.5 Å². The van der Waals surface area contributed by atoms with E-state index in [-0.39, 0.29) is 6.04 Å². The Hall–Kier alpha value is -1.50. The van der Waals surface area contributed by atoms with Crippen LogP contribution in [-0.2, 0) is 10.0 Å². The van der Waals surface area contributed by atoms with E-state index in [0.29, 0.717) is 16.8 Å². The number of aromatic nitrogens is 1. The highest BCUT2D eigenvalue weighted by atomic mass is 32.2. The molecule has 0 aliphatic carbocycles. The first kappa shape index (κ1) is 13.5. The van der Waals surface area contributed by atoms with Crippen molar-refractivity contribution in [1.29, 1.82) is 0 Å². The summed E-state index contributed by atoms with van der Waals surface area (Å²) in [6, 6.07) is 6.95. The van der Waals surface area contributed by atoms with Crippen molar-refractivity contribution in [2.24, 2.45) is 0 Å². The van der Waals surface area contributed by atoms with Crippen LogP contribution in [0.15, 0.2) is 41.6 Å². The second kappa shape index (κ2) is 5.47. The summed E-state index contributed by atoms with van der Waals surface area (Å²) in [6.45, 7) is 1.64. The number of rotatable bonds is 3. The van der Waals surface area contributed by atoms with Crippen LogP contribution in [0.25, 0.3) is 10.8 Å². The van der Waals surface area contributed by atoms with E-state index in [1.807, 2.05) is 6.07 Å². The van der Waals surface area contributed by atoms with Gasteiger partial charge in [0.1, 0.15) is 0 Å². The van der Waals surface area contributed by atoms with Gasteiger partial charge in [-0.3, -0.25) is 4.98 Å². The molecule has 1 aliphatic heterocycles. The molecule has 20 heavy (non-hydrogen) atoms. The van der Waals surface area contributed by atoms with Crippen LogP contribution in [0.2, 0.25) is 0 Å².